The minimum atomic E-state index is -0.248. The van der Waals surface area contributed by atoms with Gasteiger partial charge in [-0.1, -0.05) is 32.6 Å². The van der Waals surface area contributed by atoms with Gasteiger partial charge < -0.3 is 14.2 Å². The normalized spacial score (nSPS) is 37.5. The Morgan fingerprint density at radius 1 is 1.45 bits per heavy atom. The van der Waals surface area contributed by atoms with E-state index < -0.39 is 0 Å². The van der Waals surface area contributed by atoms with Crippen molar-refractivity contribution in [1.29, 1.82) is 0 Å². The van der Waals surface area contributed by atoms with Crippen LogP contribution in [-0.4, -0.2) is 31.4 Å². The second kappa shape index (κ2) is 5.40. The van der Waals surface area contributed by atoms with Gasteiger partial charge in [-0.25, -0.2) is 4.79 Å². The highest BCUT2D eigenvalue weighted by molar-refractivity contribution is 5.89. The van der Waals surface area contributed by atoms with Gasteiger partial charge in [-0.05, 0) is 12.8 Å². The highest BCUT2D eigenvalue weighted by Crippen LogP contribution is 2.61. The smallest absolute Gasteiger partial charge is 0.337 e. The summed E-state index contributed by atoms with van der Waals surface area (Å²) in [5.74, 6) is 0.344. The summed E-state index contributed by atoms with van der Waals surface area (Å²) in [6, 6.07) is 0. The summed E-state index contributed by atoms with van der Waals surface area (Å²) in [6.45, 7) is 2.90. The Bertz CT molecular complexity index is 417. The molecule has 112 valence electrons. The van der Waals surface area contributed by atoms with Crippen molar-refractivity contribution in [2.75, 3.05) is 13.7 Å². The van der Waals surface area contributed by atoms with Crippen molar-refractivity contribution in [2.24, 2.45) is 11.8 Å². The molecule has 3 rings (SSSR count). The van der Waals surface area contributed by atoms with E-state index in [1.165, 1.54) is 32.8 Å². The van der Waals surface area contributed by atoms with Gasteiger partial charge in [-0.15, -0.1) is 0 Å². The Morgan fingerprint density at radius 3 is 3.05 bits per heavy atom. The lowest BCUT2D eigenvalue weighted by Crippen LogP contribution is -2.35. The first-order valence-electron chi connectivity index (χ1n) is 7.80. The maximum atomic E-state index is 11.8. The number of hydrogen-bond acceptors (Lipinski definition) is 4. The van der Waals surface area contributed by atoms with Crippen LogP contribution in [0.4, 0.5) is 0 Å². The maximum absolute atomic E-state index is 11.8. The fourth-order valence-corrected chi connectivity index (χ4v) is 4.02. The van der Waals surface area contributed by atoms with Gasteiger partial charge in [0.05, 0.1) is 31.7 Å². The standard InChI is InChI=1S/C16H24O4/c1-3-4-5-6-7-16-13-10-19-9-12(15(17)18-2)11(13)8-14(16)20-16/h9,11,13-14H,3-8,10H2,1-2H3. The monoisotopic (exact) mass is 280 g/mol. The molecule has 2 aliphatic heterocycles. The van der Waals surface area contributed by atoms with Crippen molar-refractivity contribution in [3.8, 4) is 0 Å². The number of methoxy groups -OCH3 is 1. The Kier molecular flexibility index (Phi) is 3.76. The minimum absolute atomic E-state index is 0.00800. The second-order valence-corrected chi connectivity index (χ2v) is 6.22. The molecule has 3 aliphatic rings. The Labute approximate surface area is 120 Å². The van der Waals surface area contributed by atoms with Crippen LogP contribution in [0.1, 0.15) is 45.4 Å². The lowest BCUT2D eigenvalue weighted by atomic mass is 9.81. The van der Waals surface area contributed by atoms with Crippen molar-refractivity contribution < 1.29 is 19.0 Å². The molecule has 20 heavy (non-hydrogen) atoms. The van der Waals surface area contributed by atoms with Crippen LogP contribution >= 0.6 is 0 Å². The van der Waals surface area contributed by atoms with Crippen LogP contribution in [0.3, 0.4) is 0 Å². The molecule has 2 heterocycles. The van der Waals surface area contributed by atoms with Crippen LogP contribution in [0, 0.1) is 11.8 Å². The van der Waals surface area contributed by atoms with Crippen LogP contribution in [0.25, 0.3) is 0 Å². The molecule has 4 unspecified atom stereocenters. The van der Waals surface area contributed by atoms with Crippen molar-refractivity contribution in [2.45, 2.75) is 57.2 Å². The number of carbonyl (C=O) groups is 1. The molecule has 1 saturated heterocycles. The highest BCUT2D eigenvalue weighted by Gasteiger charge is 2.69. The Balaban J connectivity index is 1.65. The fraction of sp³-hybridized carbons (Fsp3) is 0.812. The van der Waals surface area contributed by atoms with Gasteiger partial charge in [0.25, 0.3) is 0 Å². The van der Waals surface area contributed by atoms with Gasteiger partial charge in [0.15, 0.2) is 0 Å². The van der Waals surface area contributed by atoms with Crippen LogP contribution in [-0.2, 0) is 19.0 Å². The molecule has 4 heteroatoms. The third-order valence-electron chi connectivity index (χ3n) is 5.16. The van der Waals surface area contributed by atoms with Crippen LogP contribution < -0.4 is 0 Å². The molecule has 0 bridgehead atoms. The van der Waals surface area contributed by atoms with Crippen LogP contribution in [0.5, 0.6) is 0 Å². The highest BCUT2D eigenvalue weighted by atomic mass is 16.6. The predicted octanol–water partition coefficient (Wildman–Crippen LogP) is 2.82. The third-order valence-corrected chi connectivity index (χ3v) is 5.16. The predicted molar refractivity (Wildman–Crippen MR) is 74.0 cm³/mol. The van der Waals surface area contributed by atoms with E-state index in [9.17, 15) is 4.79 Å². The molecule has 0 N–H and O–H groups in total. The third kappa shape index (κ3) is 2.14. The summed E-state index contributed by atoms with van der Waals surface area (Å²) in [5, 5.41) is 0. The van der Waals surface area contributed by atoms with E-state index >= 15 is 0 Å². The van der Waals surface area contributed by atoms with Gasteiger partial charge in [-0.2, -0.15) is 0 Å². The zero-order chi connectivity index (χ0) is 14.2. The largest absolute Gasteiger partial charge is 0.500 e. The van der Waals surface area contributed by atoms with E-state index in [2.05, 4.69) is 6.92 Å². The fourth-order valence-electron chi connectivity index (χ4n) is 4.02. The van der Waals surface area contributed by atoms with Crippen LogP contribution in [0.15, 0.2) is 11.8 Å². The number of ether oxygens (including phenoxy) is 3. The molecular formula is C16H24O4. The van der Waals surface area contributed by atoms with Gasteiger partial charge in [0.1, 0.15) is 5.60 Å². The summed E-state index contributed by atoms with van der Waals surface area (Å²) in [6.07, 6.45) is 9.01. The summed E-state index contributed by atoms with van der Waals surface area (Å²) in [7, 11) is 1.43. The molecule has 0 amide bonds. The van der Waals surface area contributed by atoms with E-state index in [1.807, 2.05) is 0 Å². The minimum Gasteiger partial charge on any atom is -0.500 e. The molecule has 0 aromatic rings. The number of rotatable bonds is 6. The summed E-state index contributed by atoms with van der Waals surface area (Å²) in [5.41, 5.74) is 0.693. The van der Waals surface area contributed by atoms with E-state index in [-0.39, 0.29) is 17.5 Å². The molecular weight excluding hydrogens is 256 g/mol. The van der Waals surface area contributed by atoms with Gasteiger partial charge in [0, 0.05) is 11.8 Å². The van der Waals surface area contributed by atoms with Gasteiger partial charge >= 0.3 is 5.97 Å². The van der Waals surface area contributed by atoms with Crippen molar-refractivity contribution in [3.05, 3.63) is 11.8 Å². The van der Waals surface area contributed by atoms with Gasteiger partial charge in [0.2, 0.25) is 0 Å². The molecule has 2 fully saturated rings. The van der Waals surface area contributed by atoms with Gasteiger partial charge in [-0.3, -0.25) is 0 Å². The molecule has 1 aliphatic carbocycles. The molecule has 4 atom stereocenters. The average molecular weight is 280 g/mol. The number of fused-ring (bicyclic) bond motifs is 3. The molecule has 4 nitrogen and oxygen atoms in total. The molecule has 0 aromatic heterocycles. The van der Waals surface area contributed by atoms with Crippen molar-refractivity contribution in [1.82, 2.24) is 0 Å². The molecule has 1 saturated carbocycles. The van der Waals surface area contributed by atoms with Crippen molar-refractivity contribution in [3.63, 3.8) is 0 Å². The maximum Gasteiger partial charge on any atom is 0.337 e. The SMILES string of the molecule is CCCCCCC12OC1CC1C(C(=O)OC)=COCC12. The Hall–Kier alpha value is -1.03. The summed E-state index contributed by atoms with van der Waals surface area (Å²) < 4.78 is 16.4. The molecule has 0 radical (unpaired) electrons. The number of unbranched alkanes of at least 4 members (excludes halogenated alkanes) is 3. The number of carbonyl (C=O) groups excluding carboxylic acids is 1. The molecule has 0 spiro atoms. The quantitative estimate of drug-likeness (QED) is 0.426. The van der Waals surface area contributed by atoms with E-state index in [1.54, 1.807) is 6.26 Å². The molecule has 0 aromatic carbocycles. The number of epoxide rings is 1. The zero-order valence-electron chi connectivity index (χ0n) is 12.4. The lowest BCUT2D eigenvalue weighted by Gasteiger charge is -2.31. The second-order valence-electron chi connectivity index (χ2n) is 6.22. The van der Waals surface area contributed by atoms with E-state index in [0.717, 1.165) is 12.8 Å². The van der Waals surface area contributed by atoms with Crippen molar-refractivity contribution >= 4 is 5.97 Å². The first-order valence-corrected chi connectivity index (χ1v) is 7.80. The first-order chi connectivity index (χ1) is 9.73. The van der Waals surface area contributed by atoms with E-state index in [0.29, 0.717) is 24.2 Å². The Morgan fingerprint density at radius 2 is 2.30 bits per heavy atom. The summed E-state index contributed by atoms with van der Waals surface area (Å²) >= 11 is 0. The topological polar surface area (TPSA) is 48.1 Å². The summed E-state index contributed by atoms with van der Waals surface area (Å²) in [4.78, 5) is 11.8. The van der Waals surface area contributed by atoms with E-state index in [4.69, 9.17) is 14.2 Å². The number of esters is 1. The zero-order valence-corrected chi connectivity index (χ0v) is 12.4. The van der Waals surface area contributed by atoms with Crippen LogP contribution in [0.2, 0.25) is 0 Å². The lowest BCUT2D eigenvalue weighted by molar-refractivity contribution is -0.137. The first kappa shape index (κ1) is 13.9. The average Bonchev–Trinajstić information content (AvgIpc) is 3.09. The number of hydrogen-bond donors (Lipinski definition) is 0.